The molecule has 1 saturated heterocycles. The number of nitrogens with zero attached hydrogens (tertiary/aromatic N) is 1. The van der Waals surface area contributed by atoms with E-state index < -0.39 is 0 Å². The molecule has 0 atom stereocenters. The lowest BCUT2D eigenvalue weighted by Gasteiger charge is -2.09. The fourth-order valence-corrected chi connectivity index (χ4v) is 4.23. The first-order chi connectivity index (χ1) is 11.1. The molecule has 0 N–H and O–H groups in total. The minimum atomic E-state index is -0.0494. The van der Waals surface area contributed by atoms with Gasteiger partial charge in [-0.05, 0) is 38.1 Å². The number of likely N-dealkylation sites (N-methyl/N-ethyl adjacent to an activating group) is 1. The second kappa shape index (κ2) is 6.95. The van der Waals surface area contributed by atoms with E-state index in [0.717, 1.165) is 9.99 Å². The summed E-state index contributed by atoms with van der Waals surface area (Å²) in [5.41, 5.74) is 1.23. The topological polar surface area (TPSA) is 33.5 Å². The van der Waals surface area contributed by atoms with E-state index >= 15 is 0 Å². The number of thiocarbonyl (C=S) groups is 1. The zero-order valence-electron chi connectivity index (χ0n) is 12.7. The van der Waals surface area contributed by atoms with Crippen LogP contribution in [-0.2, 0) is 4.79 Å². The average molecular weight is 362 g/mol. The number of thioether (sulfide) groups is 1. The molecule has 3 rings (SSSR count). The Labute approximate surface area is 149 Å². The molecule has 0 bridgehead atoms. The van der Waals surface area contributed by atoms with Crippen molar-refractivity contribution in [2.24, 2.45) is 0 Å². The van der Waals surface area contributed by atoms with Gasteiger partial charge in [-0.1, -0.05) is 53.4 Å². The molecule has 1 amide bonds. The van der Waals surface area contributed by atoms with Crippen LogP contribution in [0, 0.1) is 6.92 Å². The Hall–Kier alpha value is -1.50. The Morgan fingerprint density at radius 3 is 2.65 bits per heavy atom. The summed E-state index contributed by atoms with van der Waals surface area (Å²) in [6.07, 6.45) is 1.76. The van der Waals surface area contributed by atoms with Crippen LogP contribution in [0.1, 0.15) is 18.2 Å². The van der Waals surface area contributed by atoms with Crippen molar-refractivity contribution in [1.82, 2.24) is 4.90 Å². The molecule has 2 heterocycles. The first kappa shape index (κ1) is 16.4. The van der Waals surface area contributed by atoms with Gasteiger partial charge in [-0.15, -0.1) is 0 Å². The van der Waals surface area contributed by atoms with E-state index in [4.69, 9.17) is 16.6 Å². The van der Waals surface area contributed by atoms with Gasteiger partial charge in [0.15, 0.2) is 5.09 Å². The summed E-state index contributed by atoms with van der Waals surface area (Å²) in [5, 5.41) is 0.797. The molecular weight excluding hydrogens is 346 g/mol. The minimum absolute atomic E-state index is 0.0494. The predicted octanol–water partition coefficient (Wildman–Crippen LogP) is 4.96. The number of carbonyl (C=O) groups is 1. The molecule has 0 aliphatic carbocycles. The van der Waals surface area contributed by atoms with Gasteiger partial charge in [0.1, 0.15) is 10.1 Å². The van der Waals surface area contributed by atoms with E-state index in [0.29, 0.717) is 21.5 Å². The first-order valence-electron chi connectivity index (χ1n) is 7.16. The van der Waals surface area contributed by atoms with Crippen molar-refractivity contribution in [3.8, 4) is 0 Å². The van der Waals surface area contributed by atoms with Gasteiger partial charge >= 0.3 is 0 Å². The maximum absolute atomic E-state index is 12.2. The second-order valence-electron chi connectivity index (χ2n) is 5.00. The molecular formula is C17H15NO2S3. The van der Waals surface area contributed by atoms with Crippen LogP contribution in [0.5, 0.6) is 0 Å². The van der Waals surface area contributed by atoms with Crippen molar-refractivity contribution in [1.29, 1.82) is 0 Å². The van der Waals surface area contributed by atoms with Gasteiger partial charge in [0.05, 0.1) is 4.91 Å². The summed E-state index contributed by atoms with van der Waals surface area (Å²) in [6.45, 7) is 4.57. The largest absolute Gasteiger partial charge is 0.450 e. The minimum Gasteiger partial charge on any atom is -0.450 e. The summed E-state index contributed by atoms with van der Waals surface area (Å²) >= 11 is 8.08. The van der Waals surface area contributed by atoms with Crippen molar-refractivity contribution in [3.05, 3.63) is 52.6 Å². The van der Waals surface area contributed by atoms with Crippen molar-refractivity contribution in [3.63, 3.8) is 0 Å². The van der Waals surface area contributed by atoms with Gasteiger partial charge in [-0.3, -0.25) is 9.69 Å². The highest BCUT2D eigenvalue weighted by Gasteiger charge is 2.30. The highest BCUT2D eigenvalue weighted by Crippen LogP contribution is 2.34. The molecule has 1 aromatic heterocycles. The first-order valence-corrected chi connectivity index (χ1v) is 9.20. The third kappa shape index (κ3) is 3.71. The van der Waals surface area contributed by atoms with Crippen molar-refractivity contribution < 1.29 is 9.21 Å². The van der Waals surface area contributed by atoms with Gasteiger partial charge < -0.3 is 4.42 Å². The standard InChI is InChI=1S/C17H15NO2S3/c1-3-18-16(19)14(23-17(18)21)10-12-6-9-15(20-12)22-13-7-4-11(2)5-8-13/h4-10H,3H2,1-2H3. The third-order valence-corrected chi connectivity index (χ3v) is 5.61. The van der Waals surface area contributed by atoms with Crippen molar-refractivity contribution >= 4 is 52.0 Å². The van der Waals surface area contributed by atoms with Gasteiger partial charge in [-0.25, -0.2) is 0 Å². The highest BCUT2D eigenvalue weighted by atomic mass is 32.2. The molecule has 1 aliphatic heterocycles. The summed E-state index contributed by atoms with van der Waals surface area (Å²) in [7, 11) is 0. The van der Waals surface area contributed by atoms with Gasteiger partial charge in [0.2, 0.25) is 0 Å². The molecule has 1 aliphatic rings. The molecule has 0 spiro atoms. The van der Waals surface area contributed by atoms with Crippen LogP contribution in [0.4, 0.5) is 0 Å². The monoisotopic (exact) mass is 361 g/mol. The van der Waals surface area contributed by atoms with Crippen molar-refractivity contribution in [2.45, 2.75) is 23.8 Å². The van der Waals surface area contributed by atoms with E-state index in [2.05, 4.69) is 31.2 Å². The molecule has 1 aromatic carbocycles. The number of benzene rings is 1. The summed E-state index contributed by atoms with van der Waals surface area (Å²) in [5.74, 6) is 0.614. The van der Waals surface area contributed by atoms with Gasteiger partial charge in [0.25, 0.3) is 5.91 Å². The van der Waals surface area contributed by atoms with Crippen LogP contribution in [0.25, 0.3) is 6.08 Å². The number of rotatable bonds is 4. The van der Waals surface area contributed by atoms with E-state index in [1.807, 2.05) is 19.1 Å². The molecule has 3 nitrogen and oxygen atoms in total. The molecule has 0 saturated carbocycles. The lowest BCUT2D eigenvalue weighted by atomic mass is 10.2. The average Bonchev–Trinajstić information content (AvgIpc) is 3.07. The highest BCUT2D eigenvalue weighted by molar-refractivity contribution is 8.26. The Kier molecular flexibility index (Phi) is 4.94. The van der Waals surface area contributed by atoms with Crippen LogP contribution < -0.4 is 0 Å². The van der Waals surface area contributed by atoms with Crippen LogP contribution in [0.3, 0.4) is 0 Å². The lowest BCUT2D eigenvalue weighted by Crippen LogP contribution is -2.27. The second-order valence-corrected chi connectivity index (χ2v) is 7.75. The molecule has 23 heavy (non-hydrogen) atoms. The molecule has 0 radical (unpaired) electrons. The zero-order valence-corrected chi connectivity index (χ0v) is 15.2. The smallest absolute Gasteiger partial charge is 0.266 e. The maximum atomic E-state index is 12.2. The predicted molar refractivity (Wildman–Crippen MR) is 99.6 cm³/mol. The van der Waals surface area contributed by atoms with E-state index in [-0.39, 0.29) is 5.91 Å². The number of hydrogen-bond donors (Lipinski definition) is 0. The number of hydrogen-bond acceptors (Lipinski definition) is 5. The summed E-state index contributed by atoms with van der Waals surface area (Å²) in [4.78, 5) is 15.5. The SMILES string of the molecule is CCN1C(=O)C(=Cc2ccc(Sc3ccc(C)cc3)o2)SC1=S. The Bertz CT molecular complexity index is 777. The fourth-order valence-electron chi connectivity index (χ4n) is 2.09. The van der Waals surface area contributed by atoms with Gasteiger partial charge in [0, 0.05) is 17.5 Å². The van der Waals surface area contributed by atoms with Crippen LogP contribution in [0.2, 0.25) is 0 Å². The van der Waals surface area contributed by atoms with Crippen molar-refractivity contribution in [2.75, 3.05) is 6.54 Å². The van der Waals surface area contributed by atoms with E-state index in [1.165, 1.54) is 17.3 Å². The number of amides is 1. The Morgan fingerprint density at radius 1 is 1.26 bits per heavy atom. The zero-order chi connectivity index (χ0) is 16.4. The quantitative estimate of drug-likeness (QED) is 0.568. The number of aryl methyl sites for hydroxylation is 1. The van der Waals surface area contributed by atoms with Gasteiger partial charge in [-0.2, -0.15) is 0 Å². The maximum Gasteiger partial charge on any atom is 0.266 e. The van der Waals surface area contributed by atoms with E-state index in [9.17, 15) is 4.79 Å². The molecule has 6 heteroatoms. The van der Waals surface area contributed by atoms with E-state index in [1.54, 1.807) is 22.7 Å². The van der Waals surface area contributed by atoms with Crippen LogP contribution >= 0.6 is 35.7 Å². The molecule has 118 valence electrons. The van der Waals surface area contributed by atoms with Crippen LogP contribution in [-0.4, -0.2) is 21.7 Å². The summed E-state index contributed by atoms with van der Waals surface area (Å²) < 4.78 is 6.39. The fraction of sp³-hybridized carbons (Fsp3) is 0.176. The molecule has 2 aromatic rings. The number of furan rings is 1. The molecule has 0 unspecified atom stereocenters. The Morgan fingerprint density at radius 2 is 2.00 bits per heavy atom. The summed E-state index contributed by atoms with van der Waals surface area (Å²) in [6, 6.07) is 12.1. The number of carbonyl (C=O) groups excluding carboxylic acids is 1. The Balaban J connectivity index is 1.75. The molecule has 1 fully saturated rings. The lowest BCUT2D eigenvalue weighted by molar-refractivity contribution is -0.121. The van der Waals surface area contributed by atoms with Crippen LogP contribution in [0.15, 0.2) is 55.7 Å². The normalized spacial score (nSPS) is 16.6. The third-order valence-electron chi connectivity index (χ3n) is 3.30.